The molecule has 1 aromatic carbocycles. The van der Waals surface area contributed by atoms with Gasteiger partial charge in [0, 0.05) is 31.9 Å². The Balaban J connectivity index is 1.61. The van der Waals surface area contributed by atoms with Crippen LogP contribution >= 0.6 is 0 Å². The molecular weight excluding hydrogens is 380 g/mol. The van der Waals surface area contributed by atoms with Gasteiger partial charge in [-0.05, 0) is 51.8 Å². The summed E-state index contributed by atoms with van der Waals surface area (Å²) in [6, 6.07) is 7.06. The standard InChI is InChI=1S/C22H30N6O2/c1-6-23-22(25-14(2)13-19-15(3)26-27(5)16(19)4)24-11-12-28-20(29)17-9-7-8-10-18(17)21(28)30/h7-10,14H,6,11-13H2,1-5H3,(H2,23,24,25). The molecule has 2 amide bonds. The number of hydrogen-bond acceptors (Lipinski definition) is 4. The highest BCUT2D eigenvalue weighted by Gasteiger charge is 2.34. The van der Waals surface area contributed by atoms with Gasteiger partial charge >= 0.3 is 0 Å². The van der Waals surface area contributed by atoms with Crippen molar-refractivity contribution in [2.75, 3.05) is 19.6 Å². The van der Waals surface area contributed by atoms with Gasteiger partial charge in [-0.25, -0.2) is 0 Å². The van der Waals surface area contributed by atoms with Gasteiger partial charge in [0.1, 0.15) is 0 Å². The number of carbonyl (C=O) groups is 2. The monoisotopic (exact) mass is 410 g/mol. The summed E-state index contributed by atoms with van der Waals surface area (Å²) in [4.78, 5) is 30.8. The molecule has 0 bridgehead atoms. The van der Waals surface area contributed by atoms with Crippen LogP contribution in [0.1, 0.15) is 51.5 Å². The predicted molar refractivity (Wildman–Crippen MR) is 117 cm³/mol. The first-order valence-corrected chi connectivity index (χ1v) is 10.3. The van der Waals surface area contributed by atoms with Gasteiger partial charge in [0.25, 0.3) is 11.8 Å². The van der Waals surface area contributed by atoms with Crippen molar-refractivity contribution in [3.05, 3.63) is 52.3 Å². The second-order valence-electron chi connectivity index (χ2n) is 7.59. The molecule has 2 heterocycles. The number of aryl methyl sites for hydroxylation is 2. The molecule has 1 aliphatic heterocycles. The smallest absolute Gasteiger partial charge is 0.261 e. The molecule has 8 nitrogen and oxygen atoms in total. The molecule has 1 unspecified atom stereocenters. The Morgan fingerprint density at radius 1 is 1.17 bits per heavy atom. The van der Waals surface area contributed by atoms with Crippen molar-refractivity contribution < 1.29 is 9.59 Å². The summed E-state index contributed by atoms with van der Waals surface area (Å²) in [6.07, 6.45) is 0.828. The van der Waals surface area contributed by atoms with Crippen molar-refractivity contribution in [1.82, 2.24) is 25.3 Å². The quantitative estimate of drug-likeness (QED) is 0.413. The summed E-state index contributed by atoms with van der Waals surface area (Å²) < 4.78 is 1.90. The van der Waals surface area contributed by atoms with E-state index in [1.165, 1.54) is 10.5 Å². The maximum atomic E-state index is 12.5. The Morgan fingerprint density at radius 3 is 2.33 bits per heavy atom. The molecule has 0 saturated heterocycles. The first-order chi connectivity index (χ1) is 14.3. The molecule has 8 heteroatoms. The maximum absolute atomic E-state index is 12.5. The number of nitrogens with zero attached hydrogens (tertiary/aromatic N) is 4. The van der Waals surface area contributed by atoms with E-state index in [2.05, 4.69) is 34.6 Å². The molecule has 1 atom stereocenters. The molecule has 30 heavy (non-hydrogen) atoms. The summed E-state index contributed by atoms with van der Waals surface area (Å²) in [6.45, 7) is 9.50. The number of imide groups is 1. The van der Waals surface area contributed by atoms with E-state index < -0.39 is 0 Å². The number of aromatic nitrogens is 2. The highest BCUT2D eigenvalue weighted by atomic mass is 16.2. The fourth-order valence-corrected chi connectivity index (χ4v) is 3.73. The minimum absolute atomic E-state index is 0.142. The average molecular weight is 411 g/mol. The van der Waals surface area contributed by atoms with Gasteiger partial charge in [0.05, 0.1) is 23.4 Å². The third-order valence-corrected chi connectivity index (χ3v) is 5.37. The van der Waals surface area contributed by atoms with Gasteiger partial charge in [-0.1, -0.05) is 12.1 Å². The molecule has 3 rings (SSSR count). The van der Waals surface area contributed by atoms with Crippen LogP contribution in [0.4, 0.5) is 0 Å². The predicted octanol–water partition coefficient (Wildman–Crippen LogP) is 1.82. The van der Waals surface area contributed by atoms with Crippen LogP contribution in [0.3, 0.4) is 0 Å². The van der Waals surface area contributed by atoms with Gasteiger partial charge in [-0.15, -0.1) is 0 Å². The third kappa shape index (κ3) is 4.37. The number of benzene rings is 1. The number of fused-ring (bicyclic) bond motifs is 1. The van der Waals surface area contributed by atoms with Gasteiger partial charge in [-0.3, -0.25) is 24.2 Å². The summed E-state index contributed by atoms with van der Waals surface area (Å²) in [7, 11) is 1.95. The number of nitrogens with one attached hydrogen (secondary N) is 2. The minimum atomic E-state index is -0.250. The SMILES string of the molecule is CCNC(=NCCN1C(=O)c2ccccc2C1=O)NC(C)Cc1c(C)nn(C)c1C. The topological polar surface area (TPSA) is 91.6 Å². The second-order valence-corrected chi connectivity index (χ2v) is 7.59. The van der Waals surface area contributed by atoms with Crippen molar-refractivity contribution in [2.24, 2.45) is 12.0 Å². The number of rotatable bonds is 7. The highest BCUT2D eigenvalue weighted by Crippen LogP contribution is 2.21. The lowest BCUT2D eigenvalue weighted by atomic mass is 10.1. The van der Waals surface area contributed by atoms with Gasteiger partial charge < -0.3 is 10.6 Å². The molecule has 0 radical (unpaired) electrons. The Bertz CT molecular complexity index is 943. The summed E-state index contributed by atoms with van der Waals surface area (Å²) in [5, 5.41) is 11.1. The second kappa shape index (κ2) is 9.11. The van der Waals surface area contributed by atoms with E-state index in [9.17, 15) is 9.59 Å². The third-order valence-electron chi connectivity index (χ3n) is 5.37. The molecule has 0 spiro atoms. The number of guanidine groups is 1. The molecule has 0 fully saturated rings. The molecule has 2 aromatic rings. The van der Waals surface area contributed by atoms with Crippen molar-refractivity contribution in [1.29, 1.82) is 0 Å². The number of aliphatic imine (C=N–C) groups is 1. The molecule has 1 aliphatic rings. The van der Waals surface area contributed by atoms with Crippen LogP contribution in [0.2, 0.25) is 0 Å². The van der Waals surface area contributed by atoms with E-state index in [1.807, 2.05) is 25.6 Å². The molecule has 2 N–H and O–H groups in total. The summed E-state index contributed by atoms with van der Waals surface area (Å²) in [5.74, 6) is 0.167. The molecule has 0 aliphatic carbocycles. The largest absolute Gasteiger partial charge is 0.357 e. The van der Waals surface area contributed by atoms with Crippen LogP contribution in [0.5, 0.6) is 0 Å². The highest BCUT2D eigenvalue weighted by molar-refractivity contribution is 6.21. The van der Waals surface area contributed by atoms with E-state index in [4.69, 9.17) is 0 Å². The van der Waals surface area contributed by atoms with Crippen LogP contribution in [-0.4, -0.2) is 58.1 Å². The van der Waals surface area contributed by atoms with E-state index in [1.54, 1.807) is 24.3 Å². The van der Waals surface area contributed by atoms with Gasteiger partial charge in [0.2, 0.25) is 0 Å². The first-order valence-electron chi connectivity index (χ1n) is 10.3. The van der Waals surface area contributed by atoms with Gasteiger partial charge in [0.15, 0.2) is 5.96 Å². The maximum Gasteiger partial charge on any atom is 0.261 e. The Hall–Kier alpha value is -3.16. The van der Waals surface area contributed by atoms with E-state index in [0.29, 0.717) is 23.6 Å². The lowest BCUT2D eigenvalue weighted by Crippen LogP contribution is -2.43. The molecular formula is C22H30N6O2. The van der Waals surface area contributed by atoms with Crippen molar-refractivity contribution in [3.63, 3.8) is 0 Å². The van der Waals surface area contributed by atoms with Crippen molar-refractivity contribution >= 4 is 17.8 Å². The summed E-state index contributed by atoms with van der Waals surface area (Å²) in [5.41, 5.74) is 4.36. The number of amides is 2. The van der Waals surface area contributed by atoms with E-state index in [0.717, 1.165) is 24.4 Å². The minimum Gasteiger partial charge on any atom is -0.357 e. The summed E-state index contributed by atoms with van der Waals surface area (Å²) >= 11 is 0. The van der Waals surface area contributed by atoms with Crippen LogP contribution in [0.25, 0.3) is 0 Å². The number of carbonyl (C=O) groups excluding carboxylic acids is 2. The molecule has 160 valence electrons. The average Bonchev–Trinajstić information content (AvgIpc) is 3.10. The molecule has 0 saturated carbocycles. The van der Waals surface area contributed by atoms with Crippen molar-refractivity contribution in [3.8, 4) is 0 Å². The van der Waals surface area contributed by atoms with Crippen LogP contribution < -0.4 is 10.6 Å². The van der Waals surface area contributed by atoms with Crippen LogP contribution in [0.15, 0.2) is 29.3 Å². The van der Waals surface area contributed by atoms with E-state index >= 15 is 0 Å². The lowest BCUT2D eigenvalue weighted by molar-refractivity contribution is 0.0659. The van der Waals surface area contributed by atoms with Crippen LogP contribution in [0, 0.1) is 13.8 Å². The Morgan fingerprint density at radius 2 is 1.80 bits per heavy atom. The normalized spacial score (nSPS) is 14.8. The van der Waals surface area contributed by atoms with Gasteiger partial charge in [-0.2, -0.15) is 5.10 Å². The van der Waals surface area contributed by atoms with Crippen LogP contribution in [-0.2, 0) is 13.5 Å². The molecule has 1 aromatic heterocycles. The fourth-order valence-electron chi connectivity index (χ4n) is 3.73. The zero-order valence-corrected chi connectivity index (χ0v) is 18.3. The first kappa shape index (κ1) is 21.5. The lowest BCUT2D eigenvalue weighted by Gasteiger charge is -2.19. The van der Waals surface area contributed by atoms with E-state index in [-0.39, 0.29) is 24.4 Å². The fraction of sp³-hybridized carbons (Fsp3) is 0.455. The number of hydrogen-bond donors (Lipinski definition) is 2. The Labute approximate surface area is 177 Å². The van der Waals surface area contributed by atoms with Crippen molar-refractivity contribution in [2.45, 2.75) is 40.2 Å². The Kier molecular flexibility index (Phi) is 6.54. The zero-order valence-electron chi connectivity index (χ0n) is 18.3. The zero-order chi connectivity index (χ0) is 21.8.